The van der Waals surface area contributed by atoms with Crippen LogP contribution < -0.4 is 5.32 Å². The summed E-state index contributed by atoms with van der Waals surface area (Å²) in [6, 6.07) is 0.317. The number of nitrogens with zero attached hydrogens (tertiary/aromatic N) is 2. The largest absolute Gasteiger partial charge is 0.352 e. The highest BCUT2D eigenvalue weighted by molar-refractivity contribution is 8.00. The van der Waals surface area contributed by atoms with Crippen LogP contribution in [0.1, 0.15) is 43.6 Å². The Balaban J connectivity index is 1.64. The molecule has 2 aromatic heterocycles. The molecule has 1 saturated carbocycles. The molecule has 0 spiro atoms. The molecule has 3 atom stereocenters. The van der Waals surface area contributed by atoms with Gasteiger partial charge in [0.1, 0.15) is 16.2 Å². The Kier molecular flexibility index (Phi) is 5.45. The fourth-order valence-corrected chi connectivity index (χ4v) is 5.36. The molecule has 0 unspecified atom stereocenters. The van der Waals surface area contributed by atoms with E-state index in [2.05, 4.69) is 43.0 Å². The molecule has 0 aromatic carbocycles. The minimum Gasteiger partial charge on any atom is -0.352 e. The second-order valence-electron chi connectivity index (χ2n) is 6.87. The van der Waals surface area contributed by atoms with E-state index in [0.717, 1.165) is 21.7 Å². The lowest BCUT2D eigenvalue weighted by Crippen LogP contribution is -2.44. The third-order valence-corrected chi connectivity index (χ3v) is 7.43. The van der Waals surface area contributed by atoms with Gasteiger partial charge >= 0.3 is 0 Å². The molecule has 0 bridgehead atoms. The van der Waals surface area contributed by atoms with Gasteiger partial charge in [-0.3, -0.25) is 4.79 Å². The summed E-state index contributed by atoms with van der Waals surface area (Å²) < 4.78 is 0. The molecule has 0 radical (unpaired) electrons. The number of thiophene rings is 1. The molecule has 1 aliphatic carbocycles. The molecule has 1 fully saturated rings. The van der Waals surface area contributed by atoms with Crippen molar-refractivity contribution >= 4 is 39.2 Å². The van der Waals surface area contributed by atoms with Crippen LogP contribution in [0.3, 0.4) is 0 Å². The number of aromatic nitrogens is 2. The molecule has 0 aliphatic heterocycles. The van der Waals surface area contributed by atoms with E-state index in [1.54, 1.807) is 17.7 Å². The molecule has 6 heteroatoms. The minimum absolute atomic E-state index is 0.113. The topological polar surface area (TPSA) is 54.9 Å². The van der Waals surface area contributed by atoms with Gasteiger partial charge in [0, 0.05) is 16.3 Å². The van der Waals surface area contributed by atoms with Crippen molar-refractivity contribution in [2.75, 3.05) is 5.75 Å². The van der Waals surface area contributed by atoms with Gasteiger partial charge in [0.25, 0.3) is 0 Å². The van der Waals surface area contributed by atoms with Crippen LogP contribution in [0.15, 0.2) is 11.4 Å². The maximum Gasteiger partial charge on any atom is 0.230 e. The van der Waals surface area contributed by atoms with Gasteiger partial charge in [0.15, 0.2) is 0 Å². The van der Waals surface area contributed by atoms with Crippen molar-refractivity contribution in [1.82, 2.24) is 15.3 Å². The Morgan fingerprint density at radius 3 is 2.92 bits per heavy atom. The van der Waals surface area contributed by atoms with Crippen molar-refractivity contribution in [3.63, 3.8) is 0 Å². The Hall–Kier alpha value is -1.14. The first-order valence-corrected chi connectivity index (χ1v) is 10.4. The predicted molar refractivity (Wildman–Crippen MR) is 102 cm³/mol. The van der Waals surface area contributed by atoms with Crippen LogP contribution in [0.25, 0.3) is 10.2 Å². The summed E-state index contributed by atoms with van der Waals surface area (Å²) in [4.78, 5) is 23.4. The standard InChI is InChI=1S/C18H25N3OS2/c1-10-6-5-7-14(11(10)2)21-15(22)8-23-17-16-12(3)13(4)24-18(16)20-9-19-17/h9-11,14H,5-8H2,1-4H3,(H,21,22)/t10-,11+,14-/m1/s1. The quantitative estimate of drug-likeness (QED) is 0.648. The summed E-state index contributed by atoms with van der Waals surface area (Å²) in [5.41, 5.74) is 1.23. The van der Waals surface area contributed by atoms with Crippen LogP contribution in [-0.2, 0) is 4.79 Å². The lowest BCUT2D eigenvalue weighted by molar-refractivity contribution is -0.119. The predicted octanol–water partition coefficient (Wildman–Crippen LogP) is 4.34. The highest BCUT2D eigenvalue weighted by atomic mass is 32.2. The van der Waals surface area contributed by atoms with Crippen LogP contribution in [-0.4, -0.2) is 27.7 Å². The number of hydrogen-bond donors (Lipinski definition) is 1. The first-order chi connectivity index (χ1) is 11.5. The first kappa shape index (κ1) is 17.7. The van der Waals surface area contributed by atoms with E-state index in [-0.39, 0.29) is 5.91 Å². The average Bonchev–Trinajstić information content (AvgIpc) is 2.85. The second kappa shape index (κ2) is 7.40. The van der Waals surface area contributed by atoms with Gasteiger partial charge in [-0.1, -0.05) is 38.5 Å². The zero-order chi connectivity index (χ0) is 17.3. The lowest BCUT2D eigenvalue weighted by atomic mass is 9.78. The van der Waals surface area contributed by atoms with Crippen LogP contribution in [0.2, 0.25) is 0 Å². The summed E-state index contributed by atoms with van der Waals surface area (Å²) in [7, 11) is 0. The molecule has 1 N–H and O–H groups in total. The molecule has 2 heterocycles. The van der Waals surface area contributed by atoms with Crippen molar-refractivity contribution in [3.05, 3.63) is 16.8 Å². The average molecular weight is 364 g/mol. The molecule has 4 nitrogen and oxygen atoms in total. The molecule has 1 aliphatic rings. The number of aryl methyl sites for hydroxylation is 2. The van der Waals surface area contributed by atoms with Crippen molar-refractivity contribution in [3.8, 4) is 0 Å². The normalized spacial score (nSPS) is 24.2. The van der Waals surface area contributed by atoms with Gasteiger partial charge < -0.3 is 5.32 Å². The van der Waals surface area contributed by atoms with Crippen molar-refractivity contribution in [2.45, 2.75) is 58.0 Å². The molecule has 24 heavy (non-hydrogen) atoms. The fourth-order valence-electron chi connectivity index (χ4n) is 3.43. The van der Waals surface area contributed by atoms with Crippen molar-refractivity contribution in [2.24, 2.45) is 11.8 Å². The van der Waals surface area contributed by atoms with Gasteiger partial charge in [0.2, 0.25) is 5.91 Å². The maximum atomic E-state index is 12.4. The number of rotatable bonds is 4. The Morgan fingerprint density at radius 2 is 2.12 bits per heavy atom. The molecule has 130 valence electrons. The third kappa shape index (κ3) is 3.59. The SMILES string of the molecule is Cc1sc2ncnc(SCC(=O)N[C@@H]3CCC[C@@H](C)[C@@H]3C)c2c1C. The van der Waals surface area contributed by atoms with Gasteiger partial charge in [-0.05, 0) is 37.7 Å². The fraction of sp³-hybridized carbons (Fsp3) is 0.611. The number of fused-ring (bicyclic) bond motifs is 1. The van der Waals surface area contributed by atoms with Gasteiger partial charge in [0.05, 0.1) is 5.75 Å². The number of carbonyl (C=O) groups excluding carboxylic acids is 1. The zero-order valence-electron chi connectivity index (χ0n) is 14.8. The zero-order valence-corrected chi connectivity index (χ0v) is 16.4. The number of hydrogen-bond acceptors (Lipinski definition) is 5. The van der Waals surface area contributed by atoms with Gasteiger partial charge in [-0.15, -0.1) is 11.3 Å². The van der Waals surface area contributed by atoms with Gasteiger partial charge in [-0.2, -0.15) is 0 Å². The summed E-state index contributed by atoms with van der Waals surface area (Å²) in [5, 5.41) is 5.26. The van der Waals surface area contributed by atoms with E-state index >= 15 is 0 Å². The molecule has 1 amide bonds. The maximum absolute atomic E-state index is 12.4. The number of thioether (sulfide) groups is 1. The Bertz CT molecular complexity index is 743. The molecule has 0 saturated heterocycles. The van der Waals surface area contributed by atoms with Crippen LogP contribution in [0.5, 0.6) is 0 Å². The van der Waals surface area contributed by atoms with E-state index in [9.17, 15) is 4.79 Å². The highest BCUT2D eigenvalue weighted by Gasteiger charge is 2.28. The van der Waals surface area contributed by atoms with E-state index in [4.69, 9.17) is 0 Å². The number of amides is 1. The monoisotopic (exact) mass is 363 g/mol. The van der Waals surface area contributed by atoms with Crippen molar-refractivity contribution in [1.29, 1.82) is 0 Å². The van der Waals surface area contributed by atoms with Crippen molar-refractivity contribution < 1.29 is 4.79 Å². The van der Waals surface area contributed by atoms with Crippen LogP contribution >= 0.6 is 23.1 Å². The van der Waals surface area contributed by atoms with Crippen LogP contribution in [0.4, 0.5) is 0 Å². The smallest absolute Gasteiger partial charge is 0.230 e. The summed E-state index contributed by atoms with van der Waals surface area (Å²) in [6.07, 6.45) is 5.19. The molecule has 2 aromatic rings. The summed E-state index contributed by atoms with van der Waals surface area (Å²) in [6.45, 7) is 8.76. The number of nitrogens with one attached hydrogen (secondary N) is 1. The molecule has 3 rings (SSSR count). The third-order valence-electron chi connectivity index (χ3n) is 5.32. The van der Waals surface area contributed by atoms with E-state index in [1.807, 2.05) is 0 Å². The highest BCUT2D eigenvalue weighted by Crippen LogP contribution is 2.34. The van der Waals surface area contributed by atoms with E-state index in [0.29, 0.717) is 23.6 Å². The lowest BCUT2D eigenvalue weighted by Gasteiger charge is -2.34. The first-order valence-electron chi connectivity index (χ1n) is 8.60. The number of carbonyl (C=O) groups is 1. The molecular weight excluding hydrogens is 338 g/mol. The van der Waals surface area contributed by atoms with E-state index in [1.165, 1.54) is 35.0 Å². The Morgan fingerprint density at radius 1 is 1.33 bits per heavy atom. The minimum atomic E-state index is 0.113. The van der Waals surface area contributed by atoms with Gasteiger partial charge in [-0.25, -0.2) is 9.97 Å². The molecular formula is C18H25N3OS2. The summed E-state index contributed by atoms with van der Waals surface area (Å²) >= 11 is 3.21. The van der Waals surface area contributed by atoms with Crippen LogP contribution in [0, 0.1) is 25.7 Å². The second-order valence-corrected chi connectivity index (χ2v) is 9.04. The Labute approximate surface area is 151 Å². The summed E-state index contributed by atoms with van der Waals surface area (Å²) in [5.74, 6) is 1.77. The van der Waals surface area contributed by atoms with E-state index < -0.39 is 0 Å².